The summed E-state index contributed by atoms with van der Waals surface area (Å²) in [4.78, 5) is 60.3. The number of hydrogen-bond acceptors (Lipinski definition) is 8. The summed E-state index contributed by atoms with van der Waals surface area (Å²) in [7, 11) is 0. The van der Waals surface area contributed by atoms with Crippen LogP contribution in [0.15, 0.2) is 97.1 Å². The monoisotopic (exact) mass is 678 g/mol. The molecule has 4 aromatic carbocycles. The van der Waals surface area contributed by atoms with Gasteiger partial charge >= 0.3 is 0 Å². The highest BCUT2D eigenvalue weighted by molar-refractivity contribution is 6.26. The molecule has 0 saturated carbocycles. The number of carbonyl (C=O) groups is 4. The maximum absolute atomic E-state index is 14.9. The first-order valence-corrected chi connectivity index (χ1v) is 16.5. The summed E-state index contributed by atoms with van der Waals surface area (Å²) < 4.78 is 40.9. The number of ether oxygens (including phenoxy) is 2. The lowest BCUT2D eigenvalue weighted by molar-refractivity contribution is -0.136. The van der Waals surface area contributed by atoms with E-state index in [1.807, 2.05) is 13.8 Å². The molecule has 0 N–H and O–H groups in total. The predicted octanol–water partition coefficient (Wildman–Crippen LogP) is 5.21. The molecule has 254 valence electrons. The molecule has 6 unspecified atom stereocenters. The molecule has 4 fully saturated rings. The van der Waals surface area contributed by atoms with Gasteiger partial charge in [0.2, 0.25) is 11.8 Å². The Kier molecular flexibility index (Phi) is 7.72. The molecule has 4 aliphatic heterocycles. The number of amides is 4. The van der Waals surface area contributed by atoms with Gasteiger partial charge in [-0.2, -0.15) is 0 Å². The number of rotatable bonds is 8. The Morgan fingerprint density at radius 1 is 0.520 bits per heavy atom. The van der Waals surface area contributed by atoms with Gasteiger partial charge in [0.25, 0.3) is 11.8 Å². The topological polar surface area (TPSA) is 99.7 Å². The van der Waals surface area contributed by atoms with Gasteiger partial charge in [-0.3, -0.25) is 19.2 Å². The fourth-order valence-electron chi connectivity index (χ4n) is 8.10. The quantitative estimate of drug-likeness (QED) is 0.235. The maximum atomic E-state index is 14.9. The molecule has 6 atom stereocenters. The SMILES string of the molecule is CCOc1ccc(N2C(=O)C3C(C2=O)N2C(c4cccc(F)c4)C4C(=O)N(c5ccc(OCC)cc5)C(=O)C4N2C3c2cccc(F)c2)cc1. The number of benzene rings is 4. The van der Waals surface area contributed by atoms with E-state index in [0.717, 1.165) is 9.80 Å². The van der Waals surface area contributed by atoms with Crippen molar-refractivity contribution in [1.29, 1.82) is 0 Å². The molecule has 50 heavy (non-hydrogen) atoms. The summed E-state index contributed by atoms with van der Waals surface area (Å²) >= 11 is 0. The molecule has 4 amide bonds. The molecule has 4 aliphatic rings. The summed E-state index contributed by atoms with van der Waals surface area (Å²) in [6.07, 6.45) is 0. The van der Waals surface area contributed by atoms with Gasteiger partial charge in [-0.25, -0.2) is 28.6 Å². The fourth-order valence-corrected chi connectivity index (χ4v) is 8.10. The lowest BCUT2D eigenvalue weighted by Gasteiger charge is -2.35. The minimum Gasteiger partial charge on any atom is -0.494 e. The van der Waals surface area contributed by atoms with Crippen LogP contribution in [0.3, 0.4) is 0 Å². The van der Waals surface area contributed by atoms with Crippen LogP contribution in [0.5, 0.6) is 11.5 Å². The Labute approximate surface area is 286 Å². The fraction of sp³-hybridized carbons (Fsp3) is 0.263. The second-order valence-electron chi connectivity index (χ2n) is 12.6. The standard InChI is InChI=1S/C38H32F2N4O6/c1-3-49-27-15-11-25(12-16-27)41-35(45)29-31(21-7-5-9-23(39)19-21)44-34-30(32(43(44)33(29)37(41)47)22-8-6-10-24(40)20-22)36(46)42(38(34)48)26-13-17-28(18-14-26)50-4-2/h5-20,29-34H,3-4H2,1-2H3. The van der Waals surface area contributed by atoms with E-state index in [4.69, 9.17) is 9.47 Å². The molecule has 4 saturated heterocycles. The van der Waals surface area contributed by atoms with Crippen LogP contribution in [0.25, 0.3) is 0 Å². The van der Waals surface area contributed by atoms with Crippen molar-refractivity contribution in [3.05, 3.63) is 120 Å². The summed E-state index contributed by atoms with van der Waals surface area (Å²) in [6, 6.07) is 20.1. The van der Waals surface area contributed by atoms with Crippen molar-refractivity contribution < 1.29 is 37.4 Å². The predicted molar refractivity (Wildman–Crippen MR) is 177 cm³/mol. The summed E-state index contributed by atoms with van der Waals surface area (Å²) in [5.74, 6) is -4.41. The van der Waals surface area contributed by atoms with Gasteiger partial charge in [0.1, 0.15) is 35.2 Å². The molecule has 0 spiro atoms. The van der Waals surface area contributed by atoms with Gasteiger partial charge in [0.05, 0.1) is 48.5 Å². The zero-order chi connectivity index (χ0) is 34.8. The van der Waals surface area contributed by atoms with Gasteiger partial charge in [-0.15, -0.1) is 0 Å². The summed E-state index contributed by atoms with van der Waals surface area (Å²) in [5, 5.41) is 3.23. The van der Waals surface area contributed by atoms with Crippen molar-refractivity contribution in [1.82, 2.24) is 10.0 Å². The van der Waals surface area contributed by atoms with E-state index in [1.54, 1.807) is 70.7 Å². The number of carbonyl (C=O) groups excluding carboxylic acids is 4. The second-order valence-corrected chi connectivity index (χ2v) is 12.6. The van der Waals surface area contributed by atoms with Crippen LogP contribution in [-0.4, -0.2) is 58.9 Å². The minimum absolute atomic E-state index is 0.318. The Morgan fingerprint density at radius 3 is 1.24 bits per heavy atom. The largest absolute Gasteiger partial charge is 0.494 e. The lowest BCUT2D eigenvalue weighted by Crippen LogP contribution is -2.50. The second kappa shape index (κ2) is 12.1. The number of nitrogens with zero attached hydrogens (tertiary/aromatic N) is 4. The van der Waals surface area contributed by atoms with Crippen molar-refractivity contribution >= 4 is 35.0 Å². The van der Waals surface area contributed by atoms with E-state index in [1.165, 1.54) is 36.4 Å². The average molecular weight is 679 g/mol. The molecule has 0 aliphatic carbocycles. The van der Waals surface area contributed by atoms with Gasteiger partial charge in [0.15, 0.2) is 0 Å². The van der Waals surface area contributed by atoms with E-state index in [9.17, 15) is 28.0 Å². The molecule has 8 rings (SSSR count). The number of imide groups is 2. The lowest BCUT2D eigenvalue weighted by atomic mass is 9.84. The van der Waals surface area contributed by atoms with Crippen LogP contribution in [0.2, 0.25) is 0 Å². The number of fused-ring (bicyclic) bond motifs is 5. The van der Waals surface area contributed by atoms with Crippen LogP contribution in [-0.2, 0) is 19.2 Å². The van der Waals surface area contributed by atoms with Crippen LogP contribution in [0, 0.1) is 23.5 Å². The first-order valence-electron chi connectivity index (χ1n) is 16.5. The average Bonchev–Trinajstić information content (AvgIpc) is 3.77. The first kappa shape index (κ1) is 31.8. The summed E-state index contributed by atoms with van der Waals surface area (Å²) in [6.45, 7) is 4.55. The van der Waals surface area contributed by atoms with E-state index >= 15 is 0 Å². The molecule has 0 aromatic heterocycles. The van der Waals surface area contributed by atoms with E-state index < -0.39 is 71.3 Å². The summed E-state index contributed by atoms with van der Waals surface area (Å²) in [5.41, 5.74) is 1.35. The molecule has 4 heterocycles. The van der Waals surface area contributed by atoms with Gasteiger partial charge < -0.3 is 9.47 Å². The first-order chi connectivity index (χ1) is 24.2. The van der Waals surface area contributed by atoms with Crippen LogP contribution in [0.4, 0.5) is 20.2 Å². The molecule has 12 heteroatoms. The van der Waals surface area contributed by atoms with Crippen molar-refractivity contribution in [3.8, 4) is 11.5 Å². The molecule has 0 radical (unpaired) electrons. The third-order valence-electron chi connectivity index (χ3n) is 9.92. The number of hydrogen-bond donors (Lipinski definition) is 0. The molecule has 0 bridgehead atoms. The molecule has 4 aromatic rings. The minimum atomic E-state index is -1.18. The zero-order valence-corrected chi connectivity index (χ0v) is 27.1. The van der Waals surface area contributed by atoms with Crippen molar-refractivity contribution in [2.75, 3.05) is 23.0 Å². The number of halogens is 2. The Hall–Kier alpha value is -5.46. The normalized spacial score (nSPS) is 26.1. The van der Waals surface area contributed by atoms with Crippen LogP contribution < -0.4 is 19.3 Å². The van der Waals surface area contributed by atoms with Crippen molar-refractivity contribution in [2.24, 2.45) is 11.8 Å². The van der Waals surface area contributed by atoms with Crippen molar-refractivity contribution in [2.45, 2.75) is 38.0 Å². The van der Waals surface area contributed by atoms with Gasteiger partial charge in [-0.05, 0) is 97.8 Å². The Balaban J connectivity index is 1.28. The Morgan fingerprint density at radius 2 is 0.900 bits per heavy atom. The van der Waals surface area contributed by atoms with E-state index in [0.29, 0.717) is 47.2 Å². The molecular formula is C38H32F2N4O6. The van der Waals surface area contributed by atoms with Crippen LogP contribution in [0.1, 0.15) is 37.1 Å². The zero-order valence-electron chi connectivity index (χ0n) is 27.1. The van der Waals surface area contributed by atoms with Crippen molar-refractivity contribution in [3.63, 3.8) is 0 Å². The van der Waals surface area contributed by atoms with Gasteiger partial charge in [0, 0.05) is 0 Å². The maximum Gasteiger partial charge on any atom is 0.253 e. The van der Waals surface area contributed by atoms with E-state index in [-0.39, 0.29) is 0 Å². The van der Waals surface area contributed by atoms with E-state index in [2.05, 4.69) is 0 Å². The third-order valence-corrected chi connectivity index (χ3v) is 9.92. The highest BCUT2D eigenvalue weighted by atomic mass is 19.1. The highest BCUT2D eigenvalue weighted by Gasteiger charge is 2.73. The third kappa shape index (κ3) is 4.73. The number of anilines is 2. The molecular weight excluding hydrogens is 646 g/mol. The smallest absolute Gasteiger partial charge is 0.253 e. The Bertz CT molecular complexity index is 1880. The number of hydrazine groups is 1. The van der Waals surface area contributed by atoms with Crippen LogP contribution >= 0.6 is 0 Å². The highest BCUT2D eigenvalue weighted by Crippen LogP contribution is 2.59. The van der Waals surface area contributed by atoms with Gasteiger partial charge in [-0.1, -0.05) is 24.3 Å². The molecule has 10 nitrogen and oxygen atoms in total.